The Morgan fingerprint density at radius 1 is 0.242 bits per heavy atom. The molecular formula is C108H78Ir3N6S3-6. The molecule has 0 atom stereocenters. The van der Waals surface area contributed by atoms with Gasteiger partial charge in [0, 0.05) is 128 Å². The Hall–Kier alpha value is -11.9. The van der Waals surface area contributed by atoms with E-state index in [0.29, 0.717) is 0 Å². The first-order valence-corrected chi connectivity index (χ1v) is 41.6. The molecule has 120 heavy (non-hydrogen) atoms. The third kappa shape index (κ3) is 20.7. The smallest absolute Gasteiger partial charge is 0.0246 e. The van der Waals surface area contributed by atoms with E-state index >= 15 is 0 Å². The van der Waals surface area contributed by atoms with Gasteiger partial charge in [0.25, 0.3) is 0 Å². The third-order valence-corrected chi connectivity index (χ3v) is 23.6. The monoisotopic (exact) mass is 2130 g/mol. The Morgan fingerprint density at radius 3 is 1.02 bits per heavy atom. The topological polar surface area (TPSA) is 77.3 Å². The molecular weight excluding hydrogens is 2050 g/mol. The number of thiophene rings is 3. The van der Waals surface area contributed by atoms with Crippen molar-refractivity contribution in [2.24, 2.45) is 0 Å². The average molecular weight is 2130 g/mol. The van der Waals surface area contributed by atoms with Crippen LogP contribution in [0.1, 0.15) is 37.5 Å². The number of rotatable bonds is 12. The molecule has 9 heterocycles. The molecule has 591 valence electrons. The van der Waals surface area contributed by atoms with Crippen LogP contribution in [0.25, 0.3) is 161 Å². The van der Waals surface area contributed by atoms with Crippen molar-refractivity contribution < 1.29 is 60.3 Å². The van der Waals surface area contributed by atoms with Crippen LogP contribution in [-0.4, -0.2) is 29.9 Å². The predicted octanol–water partition coefficient (Wildman–Crippen LogP) is 29.1. The van der Waals surface area contributed by atoms with E-state index in [-0.39, 0.29) is 60.3 Å². The first kappa shape index (κ1) is 86.0. The molecule has 0 N–H and O–H groups in total. The van der Waals surface area contributed by atoms with Crippen LogP contribution in [0, 0.1) is 36.4 Å². The zero-order valence-corrected chi connectivity index (χ0v) is 75.5. The Labute approximate surface area is 754 Å². The Bertz CT molecular complexity index is 6490. The van der Waals surface area contributed by atoms with Gasteiger partial charge in [-0.05, 0) is 153 Å². The van der Waals surface area contributed by atoms with Crippen molar-refractivity contribution >= 4 is 94.5 Å². The first-order valence-electron chi connectivity index (χ1n) is 39.2. The van der Waals surface area contributed by atoms with Gasteiger partial charge in [0.2, 0.25) is 0 Å². The number of hydrogen-bond donors (Lipinski definition) is 0. The fourth-order valence-electron chi connectivity index (χ4n) is 14.2. The summed E-state index contributed by atoms with van der Waals surface area (Å²) in [6, 6.07) is 138. The van der Waals surface area contributed by atoms with Crippen LogP contribution >= 0.6 is 34.0 Å². The second-order valence-electron chi connectivity index (χ2n) is 27.5. The average Bonchev–Trinajstić information content (AvgIpc) is 1.63. The van der Waals surface area contributed by atoms with Crippen LogP contribution in [0.4, 0.5) is 0 Å². The summed E-state index contributed by atoms with van der Waals surface area (Å²) >= 11 is 5.45. The normalized spacial score (nSPS) is 10.5. The largest absolute Gasteiger partial charge is 0.305 e. The van der Waals surface area contributed by atoms with Crippen LogP contribution in [0.15, 0.2) is 383 Å². The molecule has 12 aromatic carbocycles. The molecule has 0 saturated carbocycles. The molecule has 3 radical (unpaired) electrons. The first-order chi connectivity index (χ1) is 57.9. The number of pyridine rings is 6. The number of aromatic nitrogens is 6. The molecule has 0 aliphatic rings. The van der Waals surface area contributed by atoms with E-state index in [1.54, 1.807) is 0 Å². The second-order valence-corrected chi connectivity index (χ2v) is 30.7. The van der Waals surface area contributed by atoms with Gasteiger partial charge in [0.15, 0.2) is 0 Å². The third-order valence-electron chi connectivity index (χ3n) is 20.1. The van der Waals surface area contributed by atoms with Gasteiger partial charge in [-0.1, -0.05) is 237 Å². The van der Waals surface area contributed by atoms with E-state index in [4.69, 9.17) is 0 Å². The summed E-state index contributed by atoms with van der Waals surface area (Å²) in [5, 5.41) is 7.80. The van der Waals surface area contributed by atoms with Gasteiger partial charge in [-0.2, -0.15) is 34.0 Å². The van der Waals surface area contributed by atoms with Gasteiger partial charge in [-0.15, -0.1) is 179 Å². The number of fused-ring (bicyclic) bond motifs is 9. The number of aryl methyl sites for hydroxylation is 3. The van der Waals surface area contributed by atoms with Crippen LogP contribution in [0.5, 0.6) is 0 Å². The molecule has 0 amide bonds. The minimum absolute atomic E-state index is 0. The van der Waals surface area contributed by atoms with E-state index in [2.05, 4.69) is 281 Å². The van der Waals surface area contributed by atoms with Crippen LogP contribution in [-0.2, 0) is 79.6 Å². The van der Waals surface area contributed by atoms with E-state index < -0.39 is 0 Å². The molecule has 21 rings (SSSR count). The molecule has 9 aromatic heterocycles. The molecule has 0 unspecified atom stereocenters. The van der Waals surface area contributed by atoms with Crippen LogP contribution in [0.2, 0.25) is 0 Å². The van der Waals surface area contributed by atoms with Crippen molar-refractivity contribution in [3.8, 4) is 101 Å². The van der Waals surface area contributed by atoms with Gasteiger partial charge in [0.05, 0.1) is 0 Å². The van der Waals surface area contributed by atoms with Gasteiger partial charge in [-0.25, -0.2) is 0 Å². The van der Waals surface area contributed by atoms with Crippen molar-refractivity contribution in [2.45, 2.75) is 40.0 Å². The van der Waals surface area contributed by atoms with Crippen molar-refractivity contribution in [2.75, 3.05) is 0 Å². The van der Waals surface area contributed by atoms with Gasteiger partial charge >= 0.3 is 0 Å². The second kappa shape index (κ2) is 42.7. The molecule has 12 heteroatoms. The van der Waals surface area contributed by atoms with Gasteiger partial charge in [-0.3, -0.25) is 0 Å². The quantitative estimate of drug-likeness (QED) is 0.113. The number of benzene rings is 12. The Kier molecular flexibility index (Phi) is 30.6. The Balaban J connectivity index is 0.000000124. The molecule has 0 aliphatic carbocycles. The number of nitrogens with zero attached hydrogens (tertiary/aromatic N) is 6. The SMILES string of the molecule is CCc1cc(-c2[c-]cccc2)ncc1-c1ccccc1.CCc1cc(-c2[c-]cccc2)ncc1-c1ccccc1.CCc1cc(-c2[c-]cccc2)ncc1-c1ccccc1.[Ir].[Ir].[Ir].[c-]1cc2c(cc1-c1ccccn1)sc1ccccc12.[c-]1cc2sc3ccccc3c2cc1-c1ccccn1.[c-]1ccc2c(sc3ccccc32)c1-c1ccccn1. The number of hydrogen-bond acceptors (Lipinski definition) is 9. The van der Waals surface area contributed by atoms with E-state index in [9.17, 15) is 0 Å². The summed E-state index contributed by atoms with van der Waals surface area (Å²) in [5.74, 6) is 0. The molecule has 0 spiro atoms. The molecule has 0 aliphatic heterocycles. The van der Waals surface area contributed by atoms with Gasteiger partial charge in [0.1, 0.15) is 0 Å². The van der Waals surface area contributed by atoms with E-state index in [1.807, 2.05) is 223 Å². The predicted molar refractivity (Wildman–Crippen MR) is 494 cm³/mol. The summed E-state index contributed by atoms with van der Waals surface area (Å²) < 4.78 is 7.80. The zero-order chi connectivity index (χ0) is 79.3. The molecule has 0 fully saturated rings. The van der Waals surface area contributed by atoms with E-state index in [1.165, 1.54) is 111 Å². The van der Waals surface area contributed by atoms with Gasteiger partial charge < -0.3 is 29.9 Å². The fraction of sp³-hybridized carbons (Fsp3) is 0.0556. The standard InChI is InChI=1S/3C19H16N.3C17H10NS.3Ir/c3*1-2-15-13-19(17-11-7-4-8-12-17)20-14-18(15)16-9-5-3-6-10-16;1-2-10-16-12(6-1)13-7-5-8-14(17(13)19-16)15-9-3-4-11-18-15;1-2-7-16-13(5-1)14-11-12(8-9-17(14)19-16)15-6-3-4-10-18-15;1-2-7-16-13(5-1)14-9-8-12(11-17(14)19-16)15-6-3-4-10-18-15;;;/h3*3-11,13-14H,2H2,1H3;3*1-7,9-11H;;;/q6*-1;;;. The minimum atomic E-state index is 0. The summed E-state index contributed by atoms with van der Waals surface area (Å²) in [5.41, 5.74) is 23.5. The van der Waals surface area contributed by atoms with E-state index in [0.717, 1.165) is 86.8 Å². The van der Waals surface area contributed by atoms with Crippen LogP contribution < -0.4 is 0 Å². The van der Waals surface area contributed by atoms with Crippen molar-refractivity contribution in [1.29, 1.82) is 0 Å². The maximum absolute atomic E-state index is 4.60. The fourth-order valence-corrected chi connectivity index (χ4v) is 17.6. The summed E-state index contributed by atoms with van der Waals surface area (Å²) in [6.45, 7) is 6.54. The van der Waals surface area contributed by atoms with Crippen molar-refractivity contribution in [3.63, 3.8) is 0 Å². The minimum Gasteiger partial charge on any atom is -0.305 e. The van der Waals surface area contributed by atoms with Crippen molar-refractivity contribution in [3.05, 3.63) is 436 Å². The molecule has 21 aromatic rings. The summed E-state index contributed by atoms with van der Waals surface area (Å²) in [6.07, 6.45) is 14.4. The maximum Gasteiger partial charge on any atom is 0.0246 e. The van der Waals surface area contributed by atoms with Crippen LogP contribution in [0.3, 0.4) is 0 Å². The zero-order valence-electron chi connectivity index (χ0n) is 65.9. The molecule has 0 bridgehead atoms. The summed E-state index contributed by atoms with van der Waals surface area (Å²) in [4.78, 5) is 27.0. The molecule has 0 saturated heterocycles. The Morgan fingerprint density at radius 2 is 0.608 bits per heavy atom. The van der Waals surface area contributed by atoms with Crippen molar-refractivity contribution in [1.82, 2.24) is 29.9 Å². The summed E-state index contributed by atoms with van der Waals surface area (Å²) in [7, 11) is 0. The molecule has 6 nitrogen and oxygen atoms in total. The maximum atomic E-state index is 4.60.